The first kappa shape index (κ1) is 10.1. The molecule has 1 heterocycles. The lowest BCUT2D eigenvalue weighted by atomic mass is 10.2. The third kappa shape index (κ3) is 4.17. The first-order valence-electron chi connectivity index (χ1n) is 4.60. The maximum atomic E-state index is 2.26. The smallest absolute Gasteiger partial charge is 0.0598 e. The van der Waals surface area contributed by atoms with Crippen LogP contribution in [-0.4, -0.2) is 5.75 Å². The highest BCUT2D eigenvalue weighted by Gasteiger charge is 1.93. The maximum Gasteiger partial charge on any atom is 0.0598 e. The van der Waals surface area contributed by atoms with Gasteiger partial charge in [-0.05, 0) is 23.6 Å². The van der Waals surface area contributed by atoms with E-state index >= 15 is 0 Å². The summed E-state index contributed by atoms with van der Waals surface area (Å²) in [6, 6.07) is 4.33. The second-order valence-electron chi connectivity index (χ2n) is 2.84. The van der Waals surface area contributed by atoms with Gasteiger partial charge in [-0.2, -0.15) is 0 Å². The summed E-state index contributed by atoms with van der Waals surface area (Å²) >= 11 is 3.85. The van der Waals surface area contributed by atoms with Crippen molar-refractivity contribution in [1.29, 1.82) is 0 Å². The monoisotopic (exact) mass is 200 g/mol. The molecule has 0 nitrogen and oxygen atoms in total. The molecule has 1 aromatic rings. The molecule has 0 saturated heterocycles. The van der Waals surface area contributed by atoms with Crippen LogP contribution in [0.4, 0.5) is 0 Å². The van der Waals surface area contributed by atoms with E-state index in [9.17, 15) is 0 Å². The van der Waals surface area contributed by atoms with Crippen LogP contribution < -0.4 is 0 Å². The Balaban J connectivity index is 1.96. The lowest BCUT2D eigenvalue weighted by Gasteiger charge is -1.97. The summed E-state index contributed by atoms with van der Waals surface area (Å²) in [5.74, 6) is 1.29. The fourth-order valence-corrected chi connectivity index (χ4v) is 2.91. The highest BCUT2D eigenvalue weighted by atomic mass is 32.2. The zero-order valence-corrected chi connectivity index (χ0v) is 9.22. The Labute approximate surface area is 83.4 Å². The SMILES string of the molecule is CCCCCCSc1cccs1. The van der Waals surface area contributed by atoms with Crippen LogP contribution in [0, 0.1) is 0 Å². The van der Waals surface area contributed by atoms with Crippen LogP contribution in [-0.2, 0) is 0 Å². The molecule has 2 heteroatoms. The minimum absolute atomic E-state index is 1.29. The molecule has 0 spiro atoms. The molecule has 0 aliphatic carbocycles. The Morgan fingerprint density at radius 3 is 2.92 bits per heavy atom. The molecule has 0 N–H and O–H groups in total. The molecule has 1 rings (SSSR count). The summed E-state index contributed by atoms with van der Waals surface area (Å²) in [6.07, 6.45) is 5.50. The summed E-state index contributed by atoms with van der Waals surface area (Å²) in [5, 5.41) is 2.15. The van der Waals surface area contributed by atoms with Gasteiger partial charge < -0.3 is 0 Å². The first-order chi connectivity index (χ1) is 5.93. The number of thioether (sulfide) groups is 1. The average molecular weight is 200 g/mol. The number of hydrogen-bond donors (Lipinski definition) is 0. The van der Waals surface area contributed by atoms with E-state index < -0.39 is 0 Å². The van der Waals surface area contributed by atoms with E-state index in [0.717, 1.165) is 0 Å². The highest BCUT2D eigenvalue weighted by molar-refractivity contribution is 8.01. The van der Waals surface area contributed by atoms with Crippen LogP contribution >= 0.6 is 23.1 Å². The molecule has 0 saturated carbocycles. The van der Waals surface area contributed by atoms with Gasteiger partial charge in [0.05, 0.1) is 4.21 Å². The quantitative estimate of drug-likeness (QED) is 0.484. The molecule has 0 aliphatic rings. The van der Waals surface area contributed by atoms with Gasteiger partial charge in [-0.3, -0.25) is 0 Å². The summed E-state index contributed by atoms with van der Waals surface area (Å²) in [5.41, 5.74) is 0. The lowest BCUT2D eigenvalue weighted by Crippen LogP contribution is -1.78. The van der Waals surface area contributed by atoms with E-state index in [1.54, 1.807) is 0 Å². The predicted octanol–water partition coefficient (Wildman–Crippen LogP) is 4.42. The standard InChI is InChI=1S/C10H16S2/c1-2-3-4-5-8-11-10-7-6-9-12-10/h6-7,9H,2-5,8H2,1H3. The fourth-order valence-electron chi connectivity index (χ4n) is 1.05. The lowest BCUT2D eigenvalue weighted by molar-refractivity contribution is 0.706. The van der Waals surface area contributed by atoms with E-state index in [1.165, 1.54) is 35.6 Å². The summed E-state index contributed by atoms with van der Waals surface area (Å²) in [4.78, 5) is 0. The number of unbranched alkanes of at least 4 members (excludes halogenated alkanes) is 3. The third-order valence-electron chi connectivity index (χ3n) is 1.74. The van der Waals surface area contributed by atoms with Gasteiger partial charge in [-0.15, -0.1) is 23.1 Å². The first-order valence-corrected chi connectivity index (χ1v) is 6.46. The molecule has 0 unspecified atom stereocenters. The van der Waals surface area contributed by atoms with Crippen LogP contribution in [0.1, 0.15) is 32.6 Å². The van der Waals surface area contributed by atoms with Gasteiger partial charge in [-0.25, -0.2) is 0 Å². The van der Waals surface area contributed by atoms with Crippen molar-refractivity contribution in [3.8, 4) is 0 Å². The molecule has 1 aromatic heterocycles. The molecule has 0 aliphatic heterocycles. The number of hydrogen-bond acceptors (Lipinski definition) is 2. The van der Waals surface area contributed by atoms with Gasteiger partial charge in [0.1, 0.15) is 0 Å². The van der Waals surface area contributed by atoms with E-state index in [-0.39, 0.29) is 0 Å². The molecule has 12 heavy (non-hydrogen) atoms. The van der Waals surface area contributed by atoms with Crippen LogP contribution in [0.2, 0.25) is 0 Å². The molecule has 0 bridgehead atoms. The van der Waals surface area contributed by atoms with Crippen molar-refractivity contribution in [1.82, 2.24) is 0 Å². The van der Waals surface area contributed by atoms with E-state index in [2.05, 4.69) is 24.4 Å². The van der Waals surface area contributed by atoms with Gasteiger partial charge in [0, 0.05) is 0 Å². The summed E-state index contributed by atoms with van der Waals surface area (Å²) < 4.78 is 1.46. The van der Waals surface area contributed by atoms with Crippen molar-refractivity contribution in [3.63, 3.8) is 0 Å². The van der Waals surface area contributed by atoms with Crippen molar-refractivity contribution in [2.24, 2.45) is 0 Å². The minimum Gasteiger partial charge on any atom is -0.137 e. The molecule has 0 radical (unpaired) electrons. The Kier molecular flexibility index (Phi) is 5.53. The van der Waals surface area contributed by atoms with Crippen LogP contribution in [0.15, 0.2) is 21.7 Å². The average Bonchev–Trinajstić information content (AvgIpc) is 2.57. The maximum absolute atomic E-state index is 2.26. The second-order valence-corrected chi connectivity index (χ2v) is 5.18. The van der Waals surface area contributed by atoms with Gasteiger partial charge in [0.2, 0.25) is 0 Å². The van der Waals surface area contributed by atoms with Crippen molar-refractivity contribution in [2.45, 2.75) is 36.8 Å². The molecule has 0 fully saturated rings. The highest BCUT2D eigenvalue weighted by Crippen LogP contribution is 2.24. The van der Waals surface area contributed by atoms with Crippen molar-refractivity contribution < 1.29 is 0 Å². The zero-order valence-electron chi connectivity index (χ0n) is 7.58. The van der Waals surface area contributed by atoms with E-state index in [4.69, 9.17) is 0 Å². The van der Waals surface area contributed by atoms with Gasteiger partial charge in [0.25, 0.3) is 0 Å². The summed E-state index contributed by atoms with van der Waals surface area (Å²) in [6.45, 7) is 2.26. The zero-order chi connectivity index (χ0) is 8.65. The van der Waals surface area contributed by atoms with Gasteiger partial charge in [0.15, 0.2) is 0 Å². The van der Waals surface area contributed by atoms with Gasteiger partial charge >= 0.3 is 0 Å². The number of thiophene rings is 1. The molecule has 0 amide bonds. The Hall–Kier alpha value is 0.0500. The Morgan fingerprint density at radius 1 is 1.33 bits per heavy atom. The van der Waals surface area contributed by atoms with Crippen LogP contribution in [0.3, 0.4) is 0 Å². The molecular formula is C10H16S2. The van der Waals surface area contributed by atoms with Crippen LogP contribution in [0.5, 0.6) is 0 Å². The molecule has 0 aromatic carbocycles. The van der Waals surface area contributed by atoms with Crippen molar-refractivity contribution in [3.05, 3.63) is 17.5 Å². The van der Waals surface area contributed by atoms with E-state index in [1.807, 2.05) is 23.1 Å². The van der Waals surface area contributed by atoms with Gasteiger partial charge in [-0.1, -0.05) is 32.3 Å². The fraction of sp³-hybridized carbons (Fsp3) is 0.600. The minimum atomic E-state index is 1.29. The Morgan fingerprint density at radius 2 is 2.25 bits per heavy atom. The van der Waals surface area contributed by atoms with E-state index in [0.29, 0.717) is 0 Å². The molecular weight excluding hydrogens is 184 g/mol. The largest absolute Gasteiger partial charge is 0.137 e. The third-order valence-corrected chi connectivity index (χ3v) is 3.95. The molecule has 68 valence electrons. The van der Waals surface area contributed by atoms with Crippen LogP contribution in [0.25, 0.3) is 0 Å². The Bertz CT molecular complexity index is 180. The van der Waals surface area contributed by atoms with Crippen molar-refractivity contribution >= 4 is 23.1 Å². The number of rotatable bonds is 6. The molecule has 0 atom stereocenters. The van der Waals surface area contributed by atoms with Crippen molar-refractivity contribution in [2.75, 3.05) is 5.75 Å². The summed E-state index contributed by atoms with van der Waals surface area (Å²) in [7, 11) is 0. The predicted molar refractivity (Wildman–Crippen MR) is 59.2 cm³/mol. The second kappa shape index (κ2) is 6.55. The normalized spacial score (nSPS) is 10.4. The topological polar surface area (TPSA) is 0 Å².